The zero-order valence-corrected chi connectivity index (χ0v) is 15.9. The average molecular weight is 373 g/mol. The lowest BCUT2D eigenvalue weighted by Crippen LogP contribution is -2.51. The molecule has 8 heteroatoms. The van der Waals surface area contributed by atoms with Gasteiger partial charge in [-0.15, -0.1) is 5.10 Å². The Bertz CT molecular complexity index is 764. The van der Waals surface area contributed by atoms with Gasteiger partial charge in [-0.3, -0.25) is 9.69 Å². The topological polar surface area (TPSA) is 104 Å². The van der Waals surface area contributed by atoms with E-state index in [-0.39, 0.29) is 18.4 Å². The summed E-state index contributed by atoms with van der Waals surface area (Å²) in [6.45, 7) is 4.21. The number of carbonyl (C=O) groups is 1. The molecule has 8 nitrogen and oxygen atoms in total. The van der Waals surface area contributed by atoms with Gasteiger partial charge in [0.25, 0.3) is 0 Å². The van der Waals surface area contributed by atoms with Crippen molar-refractivity contribution in [3.05, 3.63) is 36.5 Å². The van der Waals surface area contributed by atoms with E-state index in [1.165, 1.54) is 0 Å². The number of hydrogen-bond acceptors (Lipinski definition) is 6. The number of nitrogens with one attached hydrogen (secondary N) is 1. The highest BCUT2D eigenvalue weighted by Gasteiger charge is 2.43. The van der Waals surface area contributed by atoms with Gasteiger partial charge in [-0.05, 0) is 12.3 Å². The van der Waals surface area contributed by atoms with Gasteiger partial charge in [0.2, 0.25) is 5.91 Å². The lowest BCUT2D eigenvalue weighted by molar-refractivity contribution is -0.131. The number of hydrogen-bond donors (Lipinski definition) is 3. The van der Waals surface area contributed by atoms with Crippen LogP contribution in [0.1, 0.15) is 26.3 Å². The van der Waals surface area contributed by atoms with E-state index in [2.05, 4.69) is 15.6 Å². The van der Waals surface area contributed by atoms with Gasteiger partial charge < -0.3 is 15.5 Å². The second kappa shape index (κ2) is 8.16. The Kier molecular flexibility index (Phi) is 5.88. The number of aliphatic hydroxyl groups excluding tert-OH is 2. The molecule has 3 N–H and O–H groups in total. The van der Waals surface area contributed by atoms with Crippen LogP contribution in [0.3, 0.4) is 0 Å². The third-order valence-corrected chi connectivity index (χ3v) is 5.08. The number of likely N-dealkylation sites (tertiary alicyclic amines) is 1. The second-order valence-electron chi connectivity index (χ2n) is 7.31. The Balaban J connectivity index is 1.87. The highest BCUT2D eigenvalue weighted by atomic mass is 16.3. The van der Waals surface area contributed by atoms with Crippen LogP contribution >= 0.6 is 0 Å². The van der Waals surface area contributed by atoms with Crippen molar-refractivity contribution >= 4 is 5.91 Å². The Morgan fingerprint density at radius 2 is 2.00 bits per heavy atom. The van der Waals surface area contributed by atoms with Crippen molar-refractivity contribution in [1.82, 2.24) is 25.2 Å². The summed E-state index contributed by atoms with van der Waals surface area (Å²) in [5.41, 5.74) is 1.67. The predicted octanol–water partition coefficient (Wildman–Crippen LogP) is 0.642. The SMILES string of the molecule is CNC(=O)[C@@H]1C[C@@H](O)CN1C(O)[C@H](C(C)C)n1cc(-c2ccccc2)nn1. The molecule has 2 heterocycles. The van der Waals surface area contributed by atoms with Crippen molar-refractivity contribution in [2.75, 3.05) is 13.6 Å². The normalized spacial score (nSPS) is 22.7. The predicted molar refractivity (Wildman–Crippen MR) is 101 cm³/mol. The minimum Gasteiger partial charge on any atom is -0.392 e. The van der Waals surface area contributed by atoms with Crippen LogP contribution in [0.15, 0.2) is 36.5 Å². The minimum absolute atomic E-state index is 0.0356. The largest absolute Gasteiger partial charge is 0.392 e. The van der Waals surface area contributed by atoms with Gasteiger partial charge in [-0.25, -0.2) is 4.68 Å². The van der Waals surface area contributed by atoms with Gasteiger partial charge in [-0.1, -0.05) is 49.4 Å². The first kappa shape index (κ1) is 19.5. The fourth-order valence-corrected chi connectivity index (χ4v) is 3.70. The van der Waals surface area contributed by atoms with Gasteiger partial charge in [-0.2, -0.15) is 0 Å². The monoisotopic (exact) mass is 373 g/mol. The number of β-amino-alcohol motifs (C(OH)–C–C–N with tert-alkyl or cyclic N) is 1. The molecule has 0 bridgehead atoms. The molecule has 1 aromatic carbocycles. The van der Waals surface area contributed by atoms with E-state index in [4.69, 9.17) is 0 Å². The molecule has 146 valence electrons. The van der Waals surface area contributed by atoms with Crippen LogP contribution in [0.4, 0.5) is 0 Å². The van der Waals surface area contributed by atoms with Crippen LogP contribution in [-0.2, 0) is 4.79 Å². The van der Waals surface area contributed by atoms with E-state index in [1.54, 1.807) is 16.6 Å². The van der Waals surface area contributed by atoms with Crippen LogP contribution in [0.5, 0.6) is 0 Å². The van der Waals surface area contributed by atoms with Crippen molar-refractivity contribution < 1.29 is 15.0 Å². The summed E-state index contributed by atoms with van der Waals surface area (Å²) >= 11 is 0. The Labute approximate surface area is 158 Å². The van der Waals surface area contributed by atoms with Crippen molar-refractivity contribution in [2.24, 2.45) is 5.92 Å². The smallest absolute Gasteiger partial charge is 0.237 e. The summed E-state index contributed by atoms with van der Waals surface area (Å²) in [5.74, 6) is -0.176. The number of amides is 1. The average Bonchev–Trinajstić information content (AvgIpc) is 3.28. The highest BCUT2D eigenvalue weighted by Crippen LogP contribution is 2.30. The Hall–Kier alpha value is -2.29. The molecule has 0 spiro atoms. The lowest BCUT2D eigenvalue weighted by Gasteiger charge is -2.35. The number of benzene rings is 1. The van der Waals surface area contributed by atoms with Crippen LogP contribution < -0.4 is 5.32 Å². The van der Waals surface area contributed by atoms with Crippen LogP contribution in [-0.4, -0.2) is 68.0 Å². The molecule has 1 aromatic heterocycles. The maximum Gasteiger partial charge on any atom is 0.237 e. The highest BCUT2D eigenvalue weighted by molar-refractivity contribution is 5.81. The molecule has 1 aliphatic rings. The fraction of sp³-hybridized carbons (Fsp3) is 0.526. The van der Waals surface area contributed by atoms with Crippen LogP contribution in [0.25, 0.3) is 11.3 Å². The van der Waals surface area contributed by atoms with Crippen molar-refractivity contribution in [1.29, 1.82) is 0 Å². The summed E-state index contributed by atoms with van der Waals surface area (Å²) in [5, 5.41) is 32.2. The van der Waals surface area contributed by atoms with E-state index in [0.717, 1.165) is 11.3 Å². The molecule has 2 aromatic rings. The summed E-state index contributed by atoms with van der Waals surface area (Å²) in [6.07, 6.45) is 0.485. The quantitative estimate of drug-likeness (QED) is 0.687. The molecular formula is C19H27N5O3. The number of likely N-dealkylation sites (N-methyl/N-ethyl adjacent to an activating group) is 1. The number of aromatic nitrogens is 3. The maximum atomic E-state index is 12.2. The zero-order valence-electron chi connectivity index (χ0n) is 15.9. The molecule has 1 fully saturated rings. The minimum atomic E-state index is -0.977. The molecule has 27 heavy (non-hydrogen) atoms. The molecular weight excluding hydrogens is 346 g/mol. The van der Waals surface area contributed by atoms with E-state index in [1.807, 2.05) is 50.4 Å². The summed E-state index contributed by atoms with van der Waals surface area (Å²) < 4.78 is 1.66. The number of carbonyl (C=O) groups excluding carboxylic acids is 1. The first-order valence-electron chi connectivity index (χ1n) is 9.23. The molecule has 4 atom stereocenters. The molecule has 1 saturated heterocycles. The third kappa shape index (κ3) is 4.02. The third-order valence-electron chi connectivity index (χ3n) is 5.08. The maximum absolute atomic E-state index is 12.2. The molecule has 0 aliphatic carbocycles. The van der Waals surface area contributed by atoms with E-state index in [9.17, 15) is 15.0 Å². The lowest BCUT2D eigenvalue weighted by atomic mass is 10.0. The zero-order chi connectivity index (χ0) is 19.6. The second-order valence-corrected chi connectivity index (χ2v) is 7.31. The molecule has 0 radical (unpaired) electrons. The van der Waals surface area contributed by atoms with Crippen molar-refractivity contribution in [3.8, 4) is 11.3 Å². The number of aliphatic hydroxyl groups is 2. The van der Waals surface area contributed by atoms with Gasteiger partial charge in [0.1, 0.15) is 11.9 Å². The molecule has 1 amide bonds. The van der Waals surface area contributed by atoms with E-state index < -0.39 is 24.4 Å². The fourth-order valence-electron chi connectivity index (χ4n) is 3.70. The van der Waals surface area contributed by atoms with E-state index in [0.29, 0.717) is 6.42 Å². The molecule has 0 saturated carbocycles. The Morgan fingerprint density at radius 1 is 1.30 bits per heavy atom. The summed E-state index contributed by atoms with van der Waals surface area (Å²) in [6, 6.07) is 8.73. The Morgan fingerprint density at radius 3 is 2.63 bits per heavy atom. The molecule has 3 rings (SSSR count). The first-order valence-corrected chi connectivity index (χ1v) is 9.23. The van der Waals surface area contributed by atoms with E-state index >= 15 is 0 Å². The molecule has 1 aliphatic heterocycles. The number of nitrogens with zero attached hydrogens (tertiary/aromatic N) is 4. The van der Waals surface area contributed by atoms with Crippen molar-refractivity contribution in [2.45, 2.75) is 44.7 Å². The van der Waals surface area contributed by atoms with Gasteiger partial charge in [0.15, 0.2) is 0 Å². The van der Waals surface area contributed by atoms with Gasteiger partial charge in [0, 0.05) is 19.2 Å². The molecule has 1 unspecified atom stereocenters. The van der Waals surface area contributed by atoms with Crippen LogP contribution in [0.2, 0.25) is 0 Å². The summed E-state index contributed by atoms with van der Waals surface area (Å²) in [7, 11) is 1.56. The van der Waals surface area contributed by atoms with Crippen molar-refractivity contribution in [3.63, 3.8) is 0 Å². The first-order chi connectivity index (χ1) is 12.9. The standard InChI is InChI=1S/C19H27N5O3/c1-12(2)17(19(27)23-10-14(25)9-16(23)18(26)20-3)24-11-15(21-22-24)13-7-5-4-6-8-13/h4-8,11-12,14,16-17,19,25,27H,9-10H2,1-3H3,(H,20,26)/t14-,16+,17+,19?/m1/s1. The van der Waals surface area contributed by atoms with Gasteiger partial charge in [0.05, 0.1) is 24.4 Å². The van der Waals surface area contributed by atoms with Crippen LogP contribution in [0, 0.1) is 5.92 Å². The van der Waals surface area contributed by atoms with Gasteiger partial charge >= 0.3 is 0 Å². The summed E-state index contributed by atoms with van der Waals surface area (Å²) in [4.78, 5) is 13.8. The number of rotatable bonds is 6.